The zero-order chi connectivity index (χ0) is 12.5. The molecule has 0 aliphatic rings. The highest BCUT2D eigenvalue weighted by atomic mass is 32.1. The van der Waals surface area contributed by atoms with Gasteiger partial charge in [-0.1, -0.05) is 18.2 Å². The van der Waals surface area contributed by atoms with Crippen molar-refractivity contribution in [3.05, 3.63) is 41.5 Å². The van der Waals surface area contributed by atoms with Gasteiger partial charge in [-0.05, 0) is 6.07 Å². The number of methoxy groups -OCH3 is 1. The predicted molar refractivity (Wildman–Crippen MR) is 70.7 cm³/mol. The molecular weight excluding hydrogens is 248 g/mol. The van der Waals surface area contributed by atoms with Gasteiger partial charge in [-0.15, -0.1) is 11.3 Å². The lowest BCUT2D eigenvalue weighted by molar-refractivity contribution is 0.0595. The molecule has 1 aromatic carbocycles. The summed E-state index contributed by atoms with van der Waals surface area (Å²) in [6, 6.07) is 7.99. The van der Waals surface area contributed by atoms with Gasteiger partial charge in [-0.2, -0.15) is 0 Å². The Morgan fingerprint density at radius 1 is 1.39 bits per heavy atom. The Morgan fingerprint density at radius 2 is 2.22 bits per heavy atom. The second-order valence-electron chi connectivity index (χ2n) is 3.78. The minimum absolute atomic E-state index is 0.350. The van der Waals surface area contributed by atoms with Gasteiger partial charge in [0.1, 0.15) is 5.01 Å². The molecule has 0 spiro atoms. The quantitative estimate of drug-likeness (QED) is 0.719. The minimum atomic E-state index is -0.405. The van der Waals surface area contributed by atoms with Crippen LogP contribution in [0.4, 0.5) is 0 Å². The molecule has 1 N–H and O–H groups in total. The molecule has 18 heavy (non-hydrogen) atoms. The molecule has 0 unspecified atom stereocenters. The first-order chi connectivity index (χ1) is 8.79. The van der Waals surface area contributed by atoms with Crippen molar-refractivity contribution in [1.82, 2.24) is 9.97 Å². The fourth-order valence-corrected chi connectivity index (χ4v) is 2.66. The zero-order valence-corrected chi connectivity index (χ0v) is 10.5. The first-order valence-electron chi connectivity index (χ1n) is 5.40. The maximum absolute atomic E-state index is 11.4. The maximum Gasteiger partial charge on any atom is 0.357 e. The molecule has 0 saturated carbocycles. The number of benzene rings is 1. The topological polar surface area (TPSA) is 55.0 Å². The average Bonchev–Trinajstić information content (AvgIpc) is 3.03. The van der Waals surface area contributed by atoms with Gasteiger partial charge in [0.05, 0.1) is 7.11 Å². The summed E-state index contributed by atoms with van der Waals surface area (Å²) in [5.74, 6) is -0.405. The number of carbonyl (C=O) groups excluding carboxylic acids is 1. The molecule has 0 aliphatic heterocycles. The molecule has 2 aromatic heterocycles. The maximum atomic E-state index is 11.4. The second kappa shape index (κ2) is 4.27. The number of hydrogen-bond acceptors (Lipinski definition) is 4. The van der Waals surface area contributed by atoms with Crippen molar-refractivity contribution in [2.45, 2.75) is 0 Å². The zero-order valence-electron chi connectivity index (χ0n) is 9.64. The number of nitrogens with one attached hydrogen (secondary N) is 1. The lowest BCUT2D eigenvalue weighted by Gasteiger charge is -1.94. The van der Waals surface area contributed by atoms with Crippen LogP contribution >= 0.6 is 11.3 Å². The summed E-state index contributed by atoms with van der Waals surface area (Å²) in [6.07, 6.45) is 1.91. The third-order valence-corrected chi connectivity index (χ3v) is 3.59. The summed E-state index contributed by atoms with van der Waals surface area (Å²) >= 11 is 1.43. The van der Waals surface area contributed by atoms with Gasteiger partial charge in [0.25, 0.3) is 0 Å². The van der Waals surface area contributed by atoms with E-state index >= 15 is 0 Å². The van der Waals surface area contributed by atoms with E-state index in [-0.39, 0.29) is 0 Å². The van der Waals surface area contributed by atoms with Crippen LogP contribution in [0.25, 0.3) is 21.5 Å². The molecular formula is C13H10N2O2S. The molecule has 5 heteroatoms. The summed E-state index contributed by atoms with van der Waals surface area (Å²) in [5, 5.41) is 3.62. The van der Waals surface area contributed by atoms with E-state index in [1.54, 1.807) is 5.38 Å². The van der Waals surface area contributed by atoms with E-state index in [9.17, 15) is 4.79 Å². The molecule has 0 aliphatic carbocycles. The van der Waals surface area contributed by atoms with Gasteiger partial charge in [-0.3, -0.25) is 0 Å². The predicted octanol–water partition coefficient (Wildman–Crippen LogP) is 3.08. The molecule has 2 heterocycles. The van der Waals surface area contributed by atoms with E-state index in [1.165, 1.54) is 18.4 Å². The van der Waals surface area contributed by atoms with Crippen molar-refractivity contribution in [2.75, 3.05) is 7.11 Å². The van der Waals surface area contributed by atoms with Crippen molar-refractivity contribution in [3.8, 4) is 10.6 Å². The number of aromatic amines is 1. The lowest BCUT2D eigenvalue weighted by Crippen LogP contribution is -2.00. The summed E-state index contributed by atoms with van der Waals surface area (Å²) < 4.78 is 4.65. The fraction of sp³-hybridized carbons (Fsp3) is 0.0769. The van der Waals surface area contributed by atoms with E-state index in [4.69, 9.17) is 0 Å². The van der Waals surface area contributed by atoms with Crippen LogP contribution in [0.3, 0.4) is 0 Å². The summed E-state index contributed by atoms with van der Waals surface area (Å²) in [4.78, 5) is 18.9. The van der Waals surface area contributed by atoms with Crippen molar-refractivity contribution in [2.24, 2.45) is 0 Å². The molecule has 3 aromatic rings. The largest absolute Gasteiger partial charge is 0.464 e. The molecule has 0 bridgehead atoms. The smallest absolute Gasteiger partial charge is 0.357 e. The number of hydrogen-bond donors (Lipinski definition) is 1. The molecule has 4 nitrogen and oxygen atoms in total. The van der Waals surface area contributed by atoms with Gasteiger partial charge in [0.2, 0.25) is 0 Å². The van der Waals surface area contributed by atoms with Gasteiger partial charge in [-0.25, -0.2) is 9.78 Å². The van der Waals surface area contributed by atoms with Crippen molar-refractivity contribution < 1.29 is 9.53 Å². The number of fused-ring (bicyclic) bond motifs is 1. The number of aromatic nitrogens is 2. The van der Waals surface area contributed by atoms with Crippen LogP contribution in [-0.2, 0) is 4.74 Å². The van der Waals surface area contributed by atoms with E-state index in [1.807, 2.05) is 30.5 Å². The Hall–Kier alpha value is -2.14. The Morgan fingerprint density at radius 3 is 3.06 bits per heavy atom. The SMILES string of the molecule is COC(=O)c1csc(-c2c[nH]c3ccccc23)n1. The van der Waals surface area contributed by atoms with Crippen LogP contribution in [0.15, 0.2) is 35.8 Å². The molecule has 0 radical (unpaired) electrons. The second-order valence-corrected chi connectivity index (χ2v) is 4.64. The molecule has 3 rings (SSSR count). The summed E-state index contributed by atoms with van der Waals surface area (Å²) in [5.41, 5.74) is 2.41. The third-order valence-electron chi connectivity index (χ3n) is 2.72. The Labute approximate surface area is 107 Å². The van der Waals surface area contributed by atoms with E-state index in [0.29, 0.717) is 5.69 Å². The van der Waals surface area contributed by atoms with Crippen LogP contribution in [-0.4, -0.2) is 23.0 Å². The number of carbonyl (C=O) groups is 1. The Bertz CT molecular complexity index is 714. The lowest BCUT2D eigenvalue weighted by atomic mass is 10.2. The fourth-order valence-electron chi connectivity index (χ4n) is 1.84. The van der Waals surface area contributed by atoms with Gasteiger partial charge >= 0.3 is 5.97 Å². The van der Waals surface area contributed by atoms with Crippen LogP contribution in [0.2, 0.25) is 0 Å². The number of rotatable bonds is 2. The third kappa shape index (κ3) is 1.69. The Balaban J connectivity index is 2.09. The van der Waals surface area contributed by atoms with Crippen LogP contribution < -0.4 is 0 Å². The molecule has 90 valence electrons. The highest BCUT2D eigenvalue weighted by Gasteiger charge is 2.14. The number of ether oxygens (including phenoxy) is 1. The standard InChI is InChI=1S/C13H10N2O2S/c1-17-13(16)11-7-18-12(15-11)9-6-14-10-5-3-2-4-8(9)10/h2-7,14H,1H3. The van der Waals surface area contributed by atoms with Gasteiger partial charge in [0, 0.05) is 28.0 Å². The first-order valence-corrected chi connectivity index (χ1v) is 6.28. The van der Waals surface area contributed by atoms with Crippen molar-refractivity contribution in [1.29, 1.82) is 0 Å². The van der Waals surface area contributed by atoms with Gasteiger partial charge in [0.15, 0.2) is 5.69 Å². The van der Waals surface area contributed by atoms with E-state index in [2.05, 4.69) is 14.7 Å². The van der Waals surface area contributed by atoms with Crippen molar-refractivity contribution >= 4 is 28.2 Å². The van der Waals surface area contributed by atoms with E-state index < -0.39 is 5.97 Å². The number of esters is 1. The van der Waals surface area contributed by atoms with Crippen LogP contribution in [0.1, 0.15) is 10.5 Å². The molecule has 0 saturated heterocycles. The van der Waals surface area contributed by atoms with Crippen LogP contribution in [0, 0.1) is 0 Å². The normalized spacial score (nSPS) is 10.7. The first kappa shape index (κ1) is 11.0. The van der Waals surface area contributed by atoms with Crippen LogP contribution in [0.5, 0.6) is 0 Å². The summed E-state index contributed by atoms with van der Waals surface area (Å²) in [6.45, 7) is 0. The molecule has 0 fully saturated rings. The highest BCUT2D eigenvalue weighted by Crippen LogP contribution is 2.30. The van der Waals surface area contributed by atoms with Gasteiger partial charge < -0.3 is 9.72 Å². The minimum Gasteiger partial charge on any atom is -0.464 e. The Kier molecular flexibility index (Phi) is 2.60. The monoisotopic (exact) mass is 258 g/mol. The molecule has 0 amide bonds. The van der Waals surface area contributed by atoms with Crippen molar-refractivity contribution in [3.63, 3.8) is 0 Å². The number of thiazole rings is 1. The number of nitrogens with zero attached hydrogens (tertiary/aromatic N) is 1. The number of H-pyrrole nitrogens is 1. The summed E-state index contributed by atoms with van der Waals surface area (Å²) in [7, 11) is 1.35. The average molecular weight is 258 g/mol. The number of para-hydroxylation sites is 1. The van der Waals surface area contributed by atoms with E-state index in [0.717, 1.165) is 21.5 Å². The highest BCUT2D eigenvalue weighted by molar-refractivity contribution is 7.13. The molecule has 0 atom stereocenters.